The summed E-state index contributed by atoms with van der Waals surface area (Å²) in [6.45, 7) is 5.88. The predicted octanol–water partition coefficient (Wildman–Crippen LogP) is 3.30. The van der Waals surface area contributed by atoms with Crippen molar-refractivity contribution < 1.29 is 9.53 Å². The number of anilines is 1. The van der Waals surface area contributed by atoms with Crippen LogP contribution in [0.3, 0.4) is 0 Å². The number of amides is 1. The van der Waals surface area contributed by atoms with E-state index in [0.29, 0.717) is 11.6 Å². The Bertz CT molecular complexity index is 1120. The van der Waals surface area contributed by atoms with Crippen molar-refractivity contribution in [3.05, 3.63) is 65.5 Å². The molecule has 0 radical (unpaired) electrons. The van der Waals surface area contributed by atoms with Crippen LogP contribution in [0, 0.1) is 6.92 Å². The van der Waals surface area contributed by atoms with Crippen molar-refractivity contribution in [3.63, 3.8) is 0 Å². The van der Waals surface area contributed by atoms with Crippen LogP contribution in [0.1, 0.15) is 34.5 Å². The van der Waals surface area contributed by atoms with Gasteiger partial charge in [0.15, 0.2) is 0 Å². The van der Waals surface area contributed by atoms with Gasteiger partial charge in [0.1, 0.15) is 5.75 Å². The second-order valence-electron chi connectivity index (χ2n) is 8.48. The van der Waals surface area contributed by atoms with Crippen LogP contribution in [0.5, 0.6) is 5.75 Å². The van der Waals surface area contributed by atoms with Crippen LogP contribution in [-0.4, -0.2) is 49.0 Å². The van der Waals surface area contributed by atoms with Gasteiger partial charge in [-0.1, -0.05) is 6.07 Å². The van der Waals surface area contributed by atoms with Gasteiger partial charge in [-0.15, -0.1) is 0 Å². The molecule has 7 heteroatoms. The molecule has 0 spiro atoms. The van der Waals surface area contributed by atoms with Crippen LogP contribution in [-0.2, 0) is 7.05 Å². The summed E-state index contributed by atoms with van der Waals surface area (Å²) in [5, 5.41) is 10.7. The average molecular weight is 434 g/mol. The van der Waals surface area contributed by atoms with Gasteiger partial charge < -0.3 is 20.3 Å². The number of hydrogen-bond donors (Lipinski definition) is 2. The summed E-state index contributed by atoms with van der Waals surface area (Å²) < 4.78 is 7.28. The average Bonchev–Trinajstić information content (AvgIpc) is 3.20. The summed E-state index contributed by atoms with van der Waals surface area (Å²) in [4.78, 5) is 15.5. The van der Waals surface area contributed by atoms with Gasteiger partial charge in [0.25, 0.3) is 5.91 Å². The van der Waals surface area contributed by atoms with Gasteiger partial charge >= 0.3 is 0 Å². The van der Waals surface area contributed by atoms with E-state index in [-0.39, 0.29) is 11.9 Å². The molecule has 32 heavy (non-hydrogen) atoms. The van der Waals surface area contributed by atoms with Gasteiger partial charge in [0.2, 0.25) is 0 Å². The summed E-state index contributed by atoms with van der Waals surface area (Å²) >= 11 is 0. The highest BCUT2D eigenvalue weighted by atomic mass is 16.5. The third-order valence-corrected chi connectivity index (χ3v) is 6.17. The third kappa shape index (κ3) is 4.48. The number of nitrogens with one attached hydrogen (secondary N) is 2. The lowest BCUT2D eigenvalue weighted by atomic mass is 10.00. The topological polar surface area (TPSA) is 71.4 Å². The van der Waals surface area contributed by atoms with Crippen LogP contribution in [0.2, 0.25) is 0 Å². The Balaban J connectivity index is 1.54. The molecule has 4 rings (SSSR count). The van der Waals surface area contributed by atoms with E-state index in [1.54, 1.807) is 11.8 Å². The lowest BCUT2D eigenvalue weighted by molar-refractivity contribution is 0.0939. The van der Waals surface area contributed by atoms with E-state index in [4.69, 9.17) is 4.74 Å². The van der Waals surface area contributed by atoms with Crippen molar-refractivity contribution in [1.29, 1.82) is 0 Å². The molecule has 1 aromatic heterocycles. The highest BCUT2D eigenvalue weighted by Gasteiger charge is 2.26. The summed E-state index contributed by atoms with van der Waals surface area (Å²) in [6.07, 6.45) is 3.79. The SMILES string of the molecule is CNC1CN(c2ccc(C)c(C(=O)N[C@H](C)c3cc(OC)cc(-c4cnn(C)c4)c3)c2)C1. The first kappa shape index (κ1) is 21.9. The van der Waals surface area contributed by atoms with Gasteiger partial charge in [-0.2, -0.15) is 5.10 Å². The molecule has 7 nitrogen and oxygen atoms in total. The second-order valence-corrected chi connectivity index (χ2v) is 8.48. The van der Waals surface area contributed by atoms with E-state index in [1.807, 2.05) is 64.6 Å². The molecule has 0 unspecified atom stereocenters. The van der Waals surface area contributed by atoms with Crippen LogP contribution in [0.25, 0.3) is 11.1 Å². The highest BCUT2D eigenvalue weighted by molar-refractivity contribution is 5.97. The molecule has 2 heterocycles. The molecule has 1 atom stereocenters. The maximum atomic E-state index is 13.2. The van der Waals surface area contributed by atoms with Crippen LogP contribution in [0.4, 0.5) is 5.69 Å². The van der Waals surface area contributed by atoms with Crippen LogP contribution >= 0.6 is 0 Å². The van der Waals surface area contributed by atoms with Gasteiger partial charge in [-0.05, 0) is 67.9 Å². The molecule has 168 valence electrons. The fourth-order valence-corrected chi connectivity index (χ4v) is 4.01. The molecule has 2 N–H and O–H groups in total. The minimum absolute atomic E-state index is 0.0757. The first-order valence-electron chi connectivity index (χ1n) is 10.9. The monoisotopic (exact) mass is 433 g/mol. The number of hydrogen-bond acceptors (Lipinski definition) is 5. The summed E-state index contributed by atoms with van der Waals surface area (Å²) in [6, 6.07) is 12.4. The number of ether oxygens (including phenoxy) is 1. The lowest BCUT2D eigenvalue weighted by Crippen LogP contribution is -2.57. The van der Waals surface area contributed by atoms with Crippen molar-refractivity contribution >= 4 is 11.6 Å². The zero-order chi connectivity index (χ0) is 22.8. The Hall–Kier alpha value is -3.32. The molecule has 0 saturated carbocycles. The maximum Gasteiger partial charge on any atom is 0.252 e. The minimum Gasteiger partial charge on any atom is -0.497 e. The van der Waals surface area contributed by atoms with Gasteiger partial charge in [0.05, 0.1) is 19.3 Å². The zero-order valence-electron chi connectivity index (χ0n) is 19.3. The number of nitrogens with zero attached hydrogens (tertiary/aromatic N) is 3. The van der Waals surface area contributed by atoms with Crippen molar-refractivity contribution in [1.82, 2.24) is 20.4 Å². The molecule has 3 aromatic rings. The molecule has 1 aliphatic heterocycles. The van der Waals surface area contributed by atoms with E-state index < -0.39 is 0 Å². The molecule has 0 aliphatic carbocycles. The Kier molecular flexibility index (Phi) is 6.19. The Morgan fingerprint density at radius 3 is 2.62 bits per heavy atom. The van der Waals surface area contributed by atoms with Crippen molar-refractivity contribution in [3.8, 4) is 16.9 Å². The zero-order valence-corrected chi connectivity index (χ0v) is 19.3. The van der Waals surface area contributed by atoms with Crippen LogP contribution < -0.4 is 20.3 Å². The fraction of sp³-hybridized carbons (Fsp3) is 0.360. The number of aromatic nitrogens is 2. The van der Waals surface area contributed by atoms with Crippen molar-refractivity contribution in [2.24, 2.45) is 7.05 Å². The molecule has 1 fully saturated rings. The maximum absolute atomic E-state index is 13.2. The second kappa shape index (κ2) is 9.04. The Morgan fingerprint density at radius 1 is 1.19 bits per heavy atom. The van der Waals surface area contributed by atoms with Crippen molar-refractivity contribution in [2.75, 3.05) is 32.1 Å². The smallest absolute Gasteiger partial charge is 0.252 e. The Morgan fingerprint density at radius 2 is 1.97 bits per heavy atom. The van der Waals surface area contributed by atoms with E-state index in [1.165, 1.54) is 0 Å². The standard InChI is InChI=1S/C25H31N5O2/c1-16-6-7-22(30-14-21(15-30)26-3)11-24(16)25(31)28-17(2)18-8-19(10-23(9-18)32-5)20-12-27-29(4)13-20/h6-13,17,21,26H,14-15H2,1-5H3,(H,28,31)/t17-/m1/s1. The van der Waals surface area contributed by atoms with E-state index >= 15 is 0 Å². The fourth-order valence-electron chi connectivity index (χ4n) is 4.01. The first-order valence-corrected chi connectivity index (χ1v) is 10.9. The number of carbonyl (C=O) groups is 1. The van der Waals surface area contributed by atoms with E-state index in [0.717, 1.165) is 46.8 Å². The van der Waals surface area contributed by atoms with Crippen molar-refractivity contribution in [2.45, 2.75) is 25.9 Å². The molecular formula is C25H31N5O2. The van der Waals surface area contributed by atoms with Gasteiger partial charge in [-0.3, -0.25) is 9.48 Å². The molecule has 1 saturated heterocycles. The molecule has 2 aromatic carbocycles. The highest BCUT2D eigenvalue weighted by Crippen LogP contribution is 2.29. The summed E-state index contributed by atoms with van der Waals surface area (Å²) in [5.74, 6) is 0.672. The third-order valence-electron chi connectivity index (χ3n) is 6.17. The van der Waals surface area contributed by atoms with Gasteiger partial charge in [-0.25, -0.2) is 0 Å². The van der Waals surface area contributed by atoms with Gasteiger partial charge in [0, 0.05) is 49.2 Å². The molecular weight excluding hydrogens is 402 g/mol. The molecule has 1 amide bonds. The van der Waals surface area contributed by atoms with E-state index in [9.17, 15) is 4.79 Å². The number of methoxy groups -OCH3 is 1. The molecule has 0 bridgehead atoms. The Labute approximate surface area is 189 Å². The van der Waals surface area contributed by atoms with Crippen LogP contribution in [0.15, 0.2) is 48.8 Å². The number of benzene rings is 2. The summed E-state index contributed by atoms with van der Waals surface area (Å²) in [5.41, 5.74) is 5.74. The predicted molar refractivity (Wildman–Crippen MR) is 127 cm³/mol. The largest absolute Gasteiger partial charge is 0.497 e. The van der Waals surface area contributed by atoms with E-state index in [2.05, 4.69) is 32.8 Å². The minimum atomic E-state index is -0.186. The quantitative estimate of drug-likeness (QED) is 0.598. The number of rotatable bonds is 7. The first-order chi connectivity index (χ1) is 15.4. The number of likely N-dealkylation sites (N-methyl/N-ethyl adjacent to an activating group) is 1. The summed E-state index contributed by atoms with van der Waals surface area (Å²) in [7, 11) is 5.53. The number of carbonyl (C=O) groups excluding carboxylic acids is 1. The lowest BCUT2D eigenvalue weighted by Gasteiger charge is -2.41. The number of aryl methyl sites for hydroxylation is 2. The molecule has 1 aliphatic rings. The normalized spacial score (nSPS) is 14.7.